The quantitative estimate of drug-likeness (QED) is 0.922. The fourth-order valence-corrected chi connectivity index (χ4v) is 3.85. The fraction of sp³-hybridized carbons (Fsp3) is 0.444. The van der Waals surface area contributed by atoms with Crippen LogP contribution in [-0.4, -0.2) is 47.3 Å². The molecule has 0 unspecified atom stereocenters. The molecule has 2 aliphatic heterocycles. The molecule has 2 atom stereocenters. The summed E-state index contributed by atoms with van der Waals surface area (Å²) in [6.07, 6.45) is 1.49. The molecule has 2 aromatic rings. The first-order valence-electron chi connectivity index (χ1n) is 8.09. The molecular weight excluding hydrogens is 309 g/mol. The van der Waals surface area contributed by atoms with Gasteiger partial charge in [-0.15, -0.1) is 0 Å². The summed E-state index contributed by atoms with van der Waals surface area (Å²) in [6, 6.07) is 6.39. The predicted octanol–water partition coefficient (Wildman–Crippen LogP) is 2.71. The van der Waals surface area contributed by atoms with Crippen LogP contribution in [-0.2, 0) is 4.74 Å². The monoisotopic (exact) mass is 329 g/mol. The maximum atomic E-state index is 14.1. The van der Waals surface area contributed by atoms with E-state index in [9.17, 15) is 9.18 Å². The number of benzene rings is 1. The number of carbonyl (C=O) groups excluding carboxylic acids is 1. The van der Waals surface area contributed by atoms with Crippen molar-refractivity contribution >= 4 is 5.91 Å². The number of carbonyl (C=O) groups is 1. The minimum atomic E-state index is -0.374. The Balaban J connectivity index is 1.66. The first kappa shape index (κ1) is 15.3. The maximum Gasteiger partial charge on any atom is 0.257 e. The van der Waals surface area contributed by atoms with Crippen molar-refractivity contribution in [3.63, 3.8) is 0 Å². The number of nitrogens with zero attached hydrogens (tertiary/aromatic N) is 2. The summed E-state index contributed by atoms with van der Waals surface area (Å²) in [6.45, 7) is 6.95. The molecule has 2 saturated heterocycles. The largest absolute Gasteiger partial charge is 0.380 e. The molecule has 1 aromatic heterocycles. The molecule has 1 N–H and O–H groups in total. The zero-order valence-corrected chi connectivity index (χ0v) is 13.8. The summed E-state index contributed by atoms with van der Waals surface area (Å²) in [5, 5.41) is 6.75. The standard InChI is InChI=1S/C18H20FN3O2/c1-17-8-22(9-18(17,2)11-24-10-17)16(23)13-7-20-21-15(13)12-5-3-4-6-14(12)19/h3-7H,8-11H2,1-2H3,(H,20,21)/t17-,18+. The molecule has 0 aliphatic carbocycles. The third-order valence-electron chi connectivity index (χ3n) is 5.68. The van der Waals surface area contributed by atoms with E-state index in [1.807, 2.05) is 4.90 Å². The molecule has 24 heavy (non-hydrogen) atoms. The molecule has 2 aliphatic rings. The van der Waals surface area contributed by atoms with E-state index in [0.717, 1.165) is 0 Å². The van der Waals surface area contributed by atoms with Crippen LogP contribution in [0.15, 0.2) is 30.5 Å². The van der Waals surface area contributed by atoms with Crippen molar-refractivity contribution in [1.29, 1.82) is 0 Å². The number of nitrogens with one attached hydrogen (secondary N) is 1. The molecule has 1 aromatic carbocycles. The lowest BCUT2D eigenvalue weighted by Crippen LogP contribution is -2.34. The molecule has 126 valence electrons. The van der Waals surface area contributed by atoms with Crippen LogP contribution in [0.1, 0.15) is 24.2 Å². The first-order valence-corrected chi connectivity index (χ1v) is 8.09. The summed E-state index contributed by atoms with van der Waals surface area (Å²) < 4.78 is 19.7. The van der Waals surface area contributed by atoms with Gasteiger partial charge in [-0.05, 0) is 12.1 Å². The van der Waals surface area contributed by atoms with Crippen molar-refractivity contribution < 1.29 is 13.9 Å². The van der Waals surface area contributed by atoms with E-state index in [-0.39, 0.29) is 22.6 Å². The molecule has 1 amide bonds. The van der Waals surface area contributed by atoms with Gasteiger partial charge in [0.05, 0.1) is 30.7 Å². The van der Waals surface area contributed by atoms with Gasteiger partial charge in [0, 0.05) is 29.5 Å². The zero-order valence-electron chi connectivity index (χ0n) is 13.8. The van der Waals surface area contributed by atoms with Gasteiger partial charge in [-0.25, -0.2) is 4.39 Å². The Kier molecular flexibility index (Phi) is 3.28. The Morgan fingerprint density at radius 1 is 1.25 bits per heavy atom. The number of ether oxygens (including phenoxy) is 1. The molecule has 4 rings (SSSR count). The Labute approximate surface area is 139 Å². The number of fused-ring (bicyclic) bond motifs is 1. The van der Waals surface area contributed by atoms with Crippen LogP contribution in [0.4, 0.5) is 4.39 Å². The number of aromatic nitrogens is 2. The number of hydrogen-bond acceptors (Lipinski definition) is 3. The third-order valence-corrected chi connectivity index (χ3v) is 5.68. The summed E-state index contributed by atoms with van der Waals surface area (Å²) in [7, 11) is 0. The van der Waals surface area contributed by atoms with Gasteiger partial charge in [0.25, 0.3) is 5.91 Å². The number of halogens is 1. The second kappa shape index (κ2) is 5.14. The molecule has 3 heterocycles. The van der Waals surface area contributed by atoms with Gasteiger partial charge in [-0.3, -0.25) is 9.89 Å². The van der Waals surface area contributed by atoms with E-state index in [1.165, 1.54) is 12.3 Å². The second-order valence-corrected chi connectivity index (χ2v) is 7.41. The minimum absolute atomic E-state index is 0.0371. The van der Waals surface area contributed by atoms with E-state index in [1.54, 1.807) is 18.2 Å². The van der Waals surface area contributed by atoms with Gasteiger partial charge in [0.1, 0.15) is 5.82 Å². The second-order valence-electron chi connectivity index (χ2n) is 7.41. The highest BCUT2D eigenvalue weighted by molar-refractivity contribution is 6.00. The van der Waals surface area contributed by atoms with Gasteiger partial charge in [-0.2, -0.15) is 5.10 Å². The maximum absolute atomic E-state index is 14.1. The van der Waals surface area contributed by atoms with Gasteiger partial charge in [0.15, 0.2) is 0 Å². The smallest absolute Gasteiger partial charge is 0.257 e. The first-order chi connectivity index (χ1) is 11.4. The lowest BCUT2D eigenvalue weighted by Gasteiger charge is -2.29. The van der Waals surface area contributed by atoms with Crippen LogP contribution < -0.4 is 0 Å². The average Bonchev–Trinajstić information content (AvgIpc) is 3.18. The predicted molar refractivity (Wildman–Crippen MR) is 86.9 cm³/mol. The number of aromatic amines is 1. The topological polar surface area (TPSA) is 58.2 Å². The van der Waals surface area contributed by atoms with E-state index >= 15 is 0 Å². The molecule has 0 bridgehead atoms. The van der Waals surface area contributed by atoms with Crippen LogP contribution in [0.3, 0.4) is 0 Å². The number of rotatable bonds is 2. The van der Waals surface area contributed by atoms with Crippen LogP contribution in [0.25, 0.3) is 11.3 Å². The van der Waals surface area contributed by atoms with Crippen LogP contribution in [0.5, 0.6) is 0 Å². The number of hydrogen-bond donors (Lipinski definition) is 1. The van der Waals surface area contributed by atoms with Crippen LogP contribution in [0.2, 0.25) is 0 Å². The van der Waals surface area contributed by atoms with E-state index in [2.05, 4.69) is 24.0 Å². The van der Waals surface area contributed by atoms with E-state index in [4.69, 9.17) is 4.74 Å². The lowest BCUT2D eigenvalue weighted by atomic mass is 9.71. The molecular formula is C18H20FN3O2. The molecule has 0 saturated carbocycles. The van der Waals surface area contributed by atoms with Crippen LogP contribution >= 0.6 is 0 Å². The van der Waals surface area contributed by atoms with Crippen molar-refractivity contribution in [1.82, 2.24) is 15.1 Å². The molecule has 5 nitrogen and oxygen atoms in total. The summed E-state index contributed by atoms with van der Waals surface area (Å²) >= 11 is 0. The molecule has 6 heteroatoms. The number of amides is 1. The Morgan fingerprint density at radius 3 is 2.58 bits per heavy atom. The Hall–Kier alpha value is -2.21. The van der Waals surface area contributed by atoms with E-state index in [0.29, 0.717) is 43.1 Å². The summed E-state index contributed by atoms with van der Waals surface area (Å²) in [5.41, 5.74) is 1.13. The Morgan fingerprint density at radius 2 is 1.92 bits per heavy atom. The summed E-state index contributed by atoms with van der Waals surface area (Å²) in [5.74, 6) is -0.486. The molecule has 0 radical (unpaired) electrons. The van der Waals surface area contributed by atoms with Crippen LogP contribution in [0, 0.1) is 16.6 Å². The lowest BCUT2D eigenvalue weighted by molar-refractivity contribution is 0.0717. The highest BCUT2D eigenvalue weighted by Crippen LogP contribution is 2.50. The zero-order chi connectivity index (χ0) is 16.9. The van der Waals surface area contributed by atoms with Gasteiger partial charge in [-0.1, -0.05) is 26.0 Å². The molecule has 0 spiro atoms. The third kappa shape index (κ3) is 2.09. The SMILES string of the molecule is C[C@@]12COC[C@]1(C)CN(C(=O)c1cn[nH]c1-c1ccccc1F)C2. The van der Waals surface area contributed by atoms with Crippen molar-refractivity contribution in [3.05, 3.63) is 41.8 Å². The number of H-pyrrole nitrogens is 1. The van der Waals surface area contributed by atoms with Crippen molar-refractivity contribution in [2.24, 2.45) is 10.8 Å². The number of likely N-dealkylation sites (tertiary alicyclic amines) is 1. The highest BCUT2D eigenvalue weighted by atomic mass is 19.1. The highest BCUT2D eigenvalue weighted by Gasteiger charge is 2.57. The van der Waals surface area contributed by atoms with Gasteiger partial charge in [0.2, 0.25) is 0 Å². The minimum Gasteiger partial charge on any atom is -0.380 e. The van der Waals surface area contributed by atoms with Gasteiger partial charge < -0.3 is 9.64 Å². The Bertz CT molecular complexity index is 787. The van der Waals surface area contributed by atoms with E-state index < -0.39 is 0 Å². The molecule has 2 fully saturated rings. The van der Waals surface area contributed by atoms with Crippen molar-refractivity contribution in [2.75, 3.05) is 26.3 Å². The van der Waals surface area contributed by atoms with Crippen molar-refractivity contribution in [2.45, 2.75) is 13.8 Å². The normalized spacial score (nSPS) is 29.0. The fourth-order valence-electron chi connectivity index (χ4n) is 3.85. The summed E-state index contributed by atoms with van der Waals surface area (Å²) in [4.78, 5) is 14.9. The van der Waals surface area contributed by atoms with Crippen molar-refractivity contribution in [3.8, 4) is 11.3 Å². The van der Waals surface area contributed by atoms with Gasteiger partial charge >= 0.3 is 0 Å². The average molecular weight is 329 g/mol.